The molecule has 1 fully saturated rings. The normalized spacial score (nSPS) is 22.3. The van der Waals surface area contributed by atoms with E-state index >= 15 is 0 Å². The standard InChI is InChI=1S/C16H14BrNOS/c1-11-15(19)18(14-5-3-2-4-6-14)16(20-11)12-7-9-13(17)10-8-12/h2-11,16H,1H3/t11-,16-/m0/s1. The number of nitrogens with zero attached hydrogens (tertiary/aromatic N) is 1. The Hall–Kier alpha value is -1.26. The van der Waals surface area contributed by atoms with E-state index < -0.39 is 0 Å². The first-order chi connectivity index (χ1) is 9.66. The van der Waals surface area contributed by atoms with Crippen molar-refractivity contribution in [3.05, 3.63) is 64.6 Å². The van der Waals surface area contributed by atoms with Gasteiger partial charge in [0.25, 0.3) is 0 Å². The zero-order valence-electron chi connectivity index (χ0n) is 11.0. The minimum atomic E-state index is -0.0103. The molecule has 1 heterocycles. The number of benzene rings is 2. The van der Waals surface area contributed by atoms with Crippen LogP contribution >= 0.6 is 27.7 Å². The first-order valence-corrected chi connectivity index (χ1v) is 8.19. The van der Waals surface area contributed by atoms with Crippen molar-refractivity contribution in [2.45, 2.75) is 17.5 Å². The van der Waals surface area contributed by atoms with E-state index in [-0.39, 0.29) is 16.5 Å². The van der Waals surface area contributed by atoms with Crippen LogP contribution in [0.15, 0.2) is 59.1 Å². The van der Waals surface area contributed by atoms with Crippen molar-refractivity contribution in [1.29, 1.82) is 0 Å². The van der Waals surface area contributed by atoms with Gasteiger partial charge in [0.2, 0.25) is 5.91 Å². The summed E-state index contributed by atoms with van der Waals surface area (Å²) < 4.78 is 1.05. The first-order valence-electron chi connectivity index (χ1n) is 6.46. The number of anilines is 1. The van der Waals surface area contributed by atoms with Crippen molar-refractivity contribution in [1.82, 2.24) is 0 Å². The van der Waals surface area contributed by atoms with E-state index in [9.17, 15) is 4.79 Å². The number of rotatable bonds is 2. The quantitative estimate of drug-likeness (QED) is 0.790. The van der Waals surface area contributed by atoms with Crippen molar-refractivity contribution >= 4 is 39.3 Å². The van der Waals surface area contributed by atoms with Crippen LogP contribution in [0.1, 0.15) is 17.9 Å². The van der Waals surface area contributed by atoms with Gasteiger partial charge in [-0.05, 0) is 36.8 Å². The van der Waals surface area contributed by atoms with Crippen molar-refractivity contribution in [2.75, 3.05) is 4.90 Å². The summed E-state index contributed by atoms with van der Waals surface area (Å²) in [6.07, 6.45) is 0. The zero-order valence-corrected chi connectivity index (χ0v) is 13.4. The molecule has 3 rings (SSSR count). The number of carbonyl (C=O) groups is 1. The monoisotopic (exact) mass is 347 g/mol. The van der Waals surface area contributed by atoms with Crippen molar-refractivity contribution < 1.29 is 4.79 Å². The Morgan fingerprint density at radius 3 is 2.35 bits per heavy atom. The van der Waals surface area contributed by atoms with Gasteiger partial charge in [0, 0.05) is 10.2 Å². The number of halogens is 1. The van der Waals surface area contributed by atoms with Gasteiger partial charge in [-0.2, -0.15) is 0 Å². The lowest BCUT2D eigenvalue weighted by Crippen LogP contribution is -2.29. The van der Waals surface area contributed by atoms with Gasteiger partial charge in [-0.1, -0.05) is 46.3 Å². The molecule has 0 aromatic heterocycles. The molecule has 0 spiro atoms. The molecule has 0 aliphatic carbocycles. The van der Waals surface area contributed by atoms with Gasteiger partial charge in [0.15, 0.2) is 0 Å². The third kappa shape index (κ3) is 2.50. The Kier molecular flexibility index (Phi) is 3.85. The molecule has 1 aliphatic rings. The Labute approximate surface area is 131 Å². The van der Waals surface area contributed by atoms with E-state index in [0.29, 0.717) is 0 Å². The smallest absolute Gasteiger partial charge is 0.241 e. The molecule has 2 nitrogen and oxygen atoms in total. The lowest BCUT2D eigenvalue weighted by atomic mass is 10.2. The van der Waals surface area contributed by atoms with Crippen LogP contribution in [0.5, 0.6) is 0 Å². The summed E-state index contributed by atoms with van der Waals surface area (Å²) in [7, 11) is 0. The van der Waals surface area contributed by atoms with E-state index in [1.54, 1.807) is 11.8 Å². The summed E-state index contributed by atoms with van der Waals surface area (Å²) in [6.45, 7) is 1.97. The molecule has 1 saturated heterocycles. The van der Waals surface area contributed by atoms with Gasteiger partial charge in [0.1, 0.15) is 5.37 Å². The number of hydrogen-bond acceptors (Lipinski definition) is 2. The minimum absolute atomic E-state index is 0.0103. The molecule has 0 radical (unpaired) electrons. The van der Waals surface area contributed by atoms with Gasteiger partial charge in [-0.3, -0.25) is 9.69 Å². The summed E-state index contributed by atoms with van der Waals surface area (Å²) in [5.41, 5.74) is 2.11. The van der Waals surface area contributed by atoms with Crippen LogP contribution in [-0.4, -0.2) is 11.2 Å². The molecule has 20 heavy (non-hydrogen) atoms. The fraction of sp³-hybridized carbons (Fsp3) is 0.188. The first kappa shape index (κ1) is 13.7. The SMILES string of the molecule is C[C@@H]1S[C@@H](c2ccc(Br)cc2)N(c2ccccc2)C1=O. The highest BCUT2D eigenvalue weighted by Crippen LogP contribution is 2.45. The van der Waals surface area contributed by atoms with Crippen LogP contribution in [0.3, 0.4) is 0 Å². The predicted octanol–water partition coefficient (Wildman–Crippen LogP) is 4.62. The highest BCUT2D eigenvalue weighted by molar-refractivity contribution is 9.10. The molecule has 2 aromatic rings. The van der Waals surface area contributed by atoms with E-state index in [1.165, 1.54) is 0 Å². The van der Waals surface area contributed by atoms with Gasteiger partial charge in [0.05, 0.1) is 5.25 Å². The maximum Gasteiger partial charge on any atom is 0.241 e. The van der Waals surface area contributed by atoms with Crippen LogP contribution in [0.4, 0.5) is 5.69 Å². The van der Waals surface area contributed by atoms with Gasteiger partial charge in [-0.25, -0.2) is 0 Å². The Morgan fingerprint density at radius 2 is 1.70 bits per heavy atom. The van der Waals surface area contributed by atoms with Crippen molar-refractivity contribution in [3.8, 4) is 0 Å². The lowest BCUT2D eigenvalue weighted by Gasteiger charge is -2.24. The maximum atomic E-state index is 12.5. The van der Waals surface area contributed by atoms with Crippen LogP contribution in [0.2, 0.25) is 0 Å². The minimum Gasteiger partial charge on any atom is -0.295 e. The average Bonchev–Trinajstić information content (AvgIpc) is 2.77. The van der Waals surface area contributed by atoms with Crippen LogP contribution in [0.25, 0.3) is 0 Å². The second-order valence-corrected chi connectivity index (χ2v) is 7.07. The largest absolute Gasteiger partial charge is 0.295 e. The Balaban J connectivity index is 2.00. The Morgan fingerprint density at radius 1 is 1.05 bits per heavy atom. The molecule has 4 heteroatoms. The second-order valence-electron chi connectivity index (χ2n) is 4.73. The maximum absolute atomic E-state index is 12.5. The van der Waals surface area contributed by atoms with E-state index in [1.807, 2.05) is 54.3 Å². The third-order valence-electron chi connectivity index (χ3n) is 3.34. The number of amides is 1. The molecule has 1 aliphatic heterocycles. The number of hydrogen-bond donors (Lipinski definition) is 0. The molecule has 0 bridgehead atoms. The van der Waals surface area contributed by atoms with Crippen molar-refractivity contribution in [2.24, 2.45) is 0 Å². The number of thioether (sulfide) groups is 1. The van der Waals surface area contributed by atoms with Gasteiger partial charge < -0.3 is 0 Å². The van der Waals surface area contributed by atoms with Crippen LogP contribution < -0.4 is 4.90 Å². The lowest BCUT2D eigenvalue weighted by molar-refractivity contribution is -0.117. The summed E-state index contributed by atoms with van der Waals surface area (Å²) in [6, 6.07) is 18.1. The molecular formula is C16H14BrNOS. The zero-order chi connectivity index (χ0) is 14.1. The molecule has 102 valence electrons. The highest BCUT2D eigenvalue weighted by atomic mass is 79.9. The van der Waals surface area contributed by atoms with Crippen molar-refractivity contribution in [3.63, 3.8) is 0 Å². The van der Waals surface area contributed by atoms with Gasteiger partial charge >= 0.3 is 0 Å². The van der Waals surface area contributed by atoms with Crippen LogP contribution in [-0.2, 0) is 4.79 Å². The van der Waals surface area contributed by atoms with E-state index in [4.69, 9.17) is 0 Å². The topological polar surface area (TPSA) is 20.3 Å². The molecule has 0 unspecified atom stereocenters. The second kappa shape index (κ2) is 5.62. The molecule has 2 aromatic carbocycles. The molecule has 1 amide bonds. The summed E-state index contributed by atoms with van der Waals surface area (Å²) in [5.74, 6) is 0.175. The number of para-hydroxylation sites is 1. The Bertz CT molecular complexity index is 614. The highest BCUT2D eigenvalue weighted by Gasteiger charge is 2.39. The van der Waals surface area contributed by atoms with E-state index in [2.05, 4.69) is 28.1 Å². The predicted molar refractivity (Wildman–Crippen MR) is 87.9 cm³/mol. The fourth-order valence-corrected chi connectivity index (χ4v) is 3.87. The molecular weight excluding hydrogens is 334 g/mol. The summed E-state index contributed by atoms with van der Waals surface area (Å²) in [5, 5.41) is 0.0388. The van der Waals surface area contributed by atoms with Crippen LogP contribution in [0, 0.1) is 0 Å². The summed E-state index contributed by atoms with van der Waals surface area (Å²) in [4.78, 5) is 14.4. The van der Waals surface area contributed by atoms with Gasteiger partial charge in [-0.15, -0.1) is 11.8 Å². The summed E-state index contributed by atoms with van der Waals surface area (Å²) >= 11 is 5.15. The number of carbonyl (C=O) groups excluding carboxylic acids is 1. The average molecular weight is 348 g/mol. The molecule has 0 saturated carbocycles. The van der Waals surface area contributed by atoms with E-state index in [0.717, 1.165) is 15.7 Å². The molecule has 0 N–H and O–H groups in total. The fourth-order valence-electron chi connectivity index (χ4n) is 2.33. The third-order valence-corrected chi connectivity index (χ3v) is 5.22. The molecule has 2 atom stereocenters.